The number of nitrogens with one attached hydrogen (secondary N) is 1. The van der Waals surface area contributed by atoms with E-state index in [0.717, 1.165) is 22.8 Å². The average molecular weight is 356 g/mol. The van der Waals surface area contributed by atoms with Crippen LogP contribution in [0.1, 0.15) is 27.3 Å². The lowest BCUT2D eigenvalue weighted by atomic mass is 10.0. The second kappa shape index (κ2) is 6.78. The Bertz CT molecular complexity index is 903. The summed E-state index contributed by atoms with van der Waals surface area (Å²) in [5, 5.41) is 0. The number of amides is 1. The molecule has 0 unspecified atom stereocenters. The SMILES string of the molecule is Cc1ccc(C(=O)N2CCc3c(nc(N(C)C)nc3N(C)C)C2)c(=O)[nH]1. The van der Waals surface area contributed by atoms with Crippen molar-refractivity contribution in [2.75, 3.05) is 44.5 Å². The first-order chi connectivity index (χ1) is 12.3. The number of nitrogens with zero attached hydrogens (tertiary/aromatic N) is 5. The van der Waals surface area contributed by atoms with Gasteiger partial charge in [0.15, 0.2) is 0 Å². The topological polar surface area (TPSA) is 85.4 Å². The summed E-state index contributed by atoms with van der Waals surface area (Å²) in [6.07, 6.45) is 0.659. The summed E-state index contributed by atoms with van der Waals surface area (Å²) in [5.41, 5.74) is 2.42. The van der Waals surface area contributed by atoms with Crippen molar-refractivity contribution in [1.29, 1.82) is 0 Å². The molecule has 26 heavy (non-hydrogen) atoms. The minimum Gasteiger partial charge on any atom is -0.362 e. The van der Waals surface area contributed by atoms with Gasteiger partial charge in [-0.25, -0.2) is 4.98 Å². The van der Waals surface area contributed by atoms with Crippen LogP contribution >= 0.6 is 0 Å². The van der Waals surface area contributed by atoms with Crippen LogP contribution in [0.25, 0.3) is 0 Å². The first kappa shape index (κ1) is 17.9. The molecular formula is C18H24N6O2. The van der Waals surface area contributed by atoms with Gasteiger partial charge >= 0.3 is 0 Å². The Balaban J connectivity index is 1.96. The highest BCUT2D eigenvalue weighted by Gasteiger charge is 2.28. The molecule has 1 aliphatic heterocycles. The summed E-state index contributed by atoms with van der Waals surface area (Å²) in [4.78, 5) is 42.4. The zero-order valence-corrected chi connectivity index (χ0v) is 15.8. The van der Waals surface area contributed by atoms with Crippen LogP contribution in [0, 0.1) is 6.92 Å². The van der Waals surface area contributed by atoms with E-state index >= 15 is 0 Å². The highest BCUT2D eigenvalue weighted by molar-refractivity contribution is 5.94. The van der Waals surface area contributed by atoms with Gasteiger partial charge in [0.05, 0.1) is 12.2 Å². The van der Waals surface area contributed by atoms with Crippen molar-refractivity contribution >= 4 is 17.7 Å². The normalized spacial score (nSPS) is 13.3. The van der Waals surface area contributed by atoms with Gasteiger partial charge in [-0.3, -0.25) is 9.59 Å². The van der Waals surface area contributed by atoms with Gasteiger partial charge in [-0.1, -0.05) is 0 Å². The molecule has 3 heterocycles. The number of aromatic amines is 1. The van der Waals surface area contributed by atoms with Crippen LogP contribution in [0.2, 0.25) is 0 Å². The number of H-pyrrole nitrogens is 1. The van der Waals surface area contributed by atoms with E-state index in [9.17, 15) is 9.59 Å². The van der Waals surface area contributed by atoms with E-state index in [4.69, 9.17) is 0 Å². The van der Waals surface area contributed by atoms with Crippen molar-refractivity contribution in [1.82, 2.24) is 19.9 Å². The van der Waals surface area contributed by atoms with Gasteiger partial charge in [-0.05, 0) is 25.5 Å². The van der Waals surface area contributed by atoms with E-state index in [1.54, 1.807) is 24.0 Å². The van der Waals surface area contributed by atoms with Gasteiger partial charge in [-0.2, -0.15) is 4.98 Å². The summed E-state index contributed by atoms with van der Waals surface area (Å²) in [6.45, 7) is 2.69. The monoisotopic (exact) mass is 356 g/mol. The number of aryl methyl sites for hydroxylation is 1. The summed E-state index contributed by atoms with van der Waals surface area (Å²) < 4.78 is 0. The minimum absolute atomic E-state index is 0.161. The Morgan fingerprint density at radius 1 is 1.15 bits per heavy atom. The molecule has 1 N–H and O–H groups in total. The van der Waals surface area contributed by atoms with E-state index in [1.807, 2.05) is 38.0 Å². The van der Waals surface area contributed by atoms with Crippen LogP contribution in [0.3, 0.4) is 0 Å². The number of rotatable bonds is 3. The third kappa shape index (κ3) is 3.26. The second-order valence-corrected chi connectivity index (χ2v) is 6.92. The number of anilines is 2. The quantitative estimate of drug-likeness (QED) is 0.876. The van der Waals surface area contributed by atoms with Crippen LogP contribution in [-0.4, -0.2) is 60.5 Å². The summed E-state index contributed by atoms with van der Waals surface area (Å²) in [6, 6.07) is 3.32. The largest absolute Gasteiger partial charge is 0.362 e. The Labute approximate surface area is 152 Å². The number of hydrogen-bond donors (Lipinski definition) is 1. The Morgan fingerprint density at radius 3 is 2.50 bits per heavy atom. The maximum atomic E-state index is 12.8. The average Bonchev–Trinajstić information content (AvgIpc) is 2.59. The van der Waals surface area contributed by atoms with Crippen LogP contribution in [-0.2, 0) is 13.0 Å². The minimum atomic E-state index is -0.355. The van der Waals surface area contributed by atoms with E-state index in [0.29, 0.717) is 25.5 Å². The van der Waals surface area contributed by atoms with E-state index in [2.05, 4.69) is 15.0 Å². The number of fused-ring (bicyclic) bond motifs is 1. The molecule has 1 amide bonds. The van der Waals surface area contributed by atoms with Gasteiger partial charge in [0, 0.05) is 46.0 Å². The van der Waals surface area contributed by atoms with Crippen molar-refractivity contribution in [3.63, 3.8) is 0 Å². The fourth-order valence-corrected chi connectivity index (χ4v) is 3.05. The van der Waals surface area contributed by atoms with Crippen molar-refractivity contribution in [2.45, 2.75) is 19.9 Å². The number of pyridine rings is 1. The summed E-state index contributed by atoms with van der Waals surface area (Å²) in [5.74, 6) is 1.21. The third-order valence-corrected chi connectivity index (χ3v) is 4.43. The Morgan fingerprint density at radius 2 is 1.88 bits per heavy atom. The molecule has 0 radical (unpaired) electrons. The molecule has 2 aromatic heterocycles. The molecule has 0 aliphatic carbocycles. The Kier molecular flexibility index (Phi) is 4.67. The van der Waals surface area contributed by atoms with Crippen molar-refractivity contribution in [3.05, 3.63) is 45.0 Å². The number of carbonyl (C=O) groups excluding carboxylic acids is 1. The van der Waals surface area contributed by atoms with Crippen molar-refractivity contribution < 1.29 is 4.79 Å². The summed E-state index contributed by atoms with van der Waals surface area (Å²) >= 11 is 0. The molecule has 0 saturated heterocycles. The van der Waals surface area contributed by atoms with Crippen LogP contribution in [0.5, 0.6) is 0 Å². The molecule has 3 rings (SSSR count). The fourth-order valence-electron chi connectivity index (χ4n) is 3.05. The second-order valence-electron chi connectivity index (χ2n) is 6.92. The molecule has 0 spiro atoms. The van der Waals surface area contributed by atoms with Crippen LogP contribution in [0.15, 0.2) is 16.9 Å². The maximum absolute atomic E-state index is 12.8. The standard InChI is InChI=1S/C18H24N6O2/c1-11-6-7-13(16(25)19-11)17(26)24-9-8-12-14(10-24)20-18(23(4)5)21-15(12)22(2)3/h6-7H,8-10H2,1-5H3,(H,19,25). The lowest BCUT2D eigenvalue weighted by Gasteiger charge is -2.31. The van der Waals surface area contributed by atoms with E-state index in [1.165, 1.54) is 0 Å². The molecule has 0 aromatic carbocycles. The van der Waals surface area contributed by atoms with Crippen molar-refractivity contribution in [2.24, 2.45) is 0 Å². The maximum Gasteiger partial charge on any atom is 0.260 e. The highest BCUT2D eigenvalue weighted by Crippen LogP contribution is 2.27. The molecule has 2 aromatic rings. The zero-order valence-electron chi connectivity index (χ0n) is 15.8. The fraction of sp³-hybridized carbons (Fsp3) is 0.444. The molecule has 0 saturated carbocycles. The molecular weight excluding hydrogens is 332 g/mol. The molecule has 0 atom stereocenters. The van der Waals surface area contributed by atoms with Gasteiger partial charge in [-0.15, -0.1) is 0 Å². The predicted octanol–water partition coefficient (Wildman–Crippen LogP) is 0.804. The Hall–Kier alpha value is -2.90. The predicted molar refractivity (Wildman–Crippen MR) is 101 cm³/mol. The lowest BCUT2D eigenvalue weighted by Crippen LogP contribution is -2.39. The van der Waals surface area contributed by atoms with Gasteiger partial charge in [0.25, 0.3) is 11.5 Å². The lowest BCUT2D eigenvalue weighted by molar-refractivity contribution is 0.0730. The number of carbonyl (C=O) groups is 1. The summed E-state index contributed by atoms with van der Waals surface area (Å²) in [7, 11) is 7.67. The van der Waals surface area contributed by atoms with E-state index < -0.39 is 0 Å². The van der Waals surface area contributed by atoms with Crippen molar-refractivity contribution in [3.8, 4) is 0 Å². The molecule has 8 nitrogen and oxygen atoms in total. The number of aromatic nitrogens is 3. The van der Waals surface area contributed by atoms with E-state index in [-0.39, 0.29) is 17.0 Å². The molecule has 0 bridgehead atoms. The molecule has 0 fully saturated rings. The molecule has 1 aliphatic rings. The van der Waals surface area contributed by atoms with Gasteiger partial charge in [0.2, 0.25) is 5.95 Å². The van der Waals surface area contributed by atoms with Gasteiger partial charge < -0.3 is 19.7 Å². The molecule has 8 heteroatoms. The highest BCUT2D eigenvalue weighted by atomic mass is 16.2. The van der Waals surface area contributed by atoms with Crippen LogP contribution < -0.4 is 15.4 Å². The first-order valence-corrected chi connectivity index (χ1v) is 8.51. The smallest absolute Gasteiger partial charge is 0.260 e. The number of hydrogen-bond acceptors (Lipinski definition) is 6. The zero-order chi connectivity index (χ0) is 19.0. The van der Waals surface area contributed by atoms with Crippen LogP contribution in [0.4, 0.5) is 11.8 Å². The van der Waals surface area contributed by atoms with Gasteiger partial charge in [0.1, 0.15) is 11.4 Å². The third-order valence-electron chi connectivity index (χ3n) is 4.43. The first-order valence-electron chi connectivity index (χ1n) is 8.51. The molecule has 138 valence electrons.